The zero-order valence-electron chi connectivity index (χ0n) is 9.21. The van der Waals surface area contributed by atoms with Gasteiger partial charge in [0.05, 0.1) is 19.6 Å². The number of nitrogens with zero attached hydrogens (tertiary/aromatic N) is 3. The van der Waals surface area contributed by atoms with Crippen LogP contribution < -0.4 is 9.46 Å². The van der Waals surface area contributed by atoms with Crippen molar-refractivity contribution in [3.63, 3.8) is 0 Å². The molecule has 2 heterocycles. The molecule has 0 aromatic carbocycles. The van der Waals surface area contributed by atoms with E-state index in [9.17, 15) is 8.42 Å². The molecule has 0 bridgehead atoms. The van der Waals surface area contributed by atoms with Crippen molar-refractivity contribution >= 4 is 15.8 Å². The summed E-state index contributed by atoms with van der Waals surface area (Å²) >= 11 is 0. The Labute approximate surface area is 97.7 Å². The Balaban J connectivity index is 2.26. The molecule has 0 aliphatic rings. The molecule has 2 rings (SSSR count). The van der Waals surface area contributed by atoms with Gasteiger partial charge in [-0.2, -0.15) is 13.5 Å². The Hall–Kier alpha value is -2.03. The summed E-state index contributed by atoms with van der Waals surface area (Å²) in [7, 11) is -0.559. The number of imidazole rings is 1. The minimum Gasteiger partial charge on any atom is -0.481 e. The highest BCUT2D eigenvalue weighted by molar-refractivity contribution is 7.92. The standard InChI is InChI=1S/C8H11N5O3S/c1-13-8(16-2)3-6(11-13)12-17(14,15)7-4-9-5-10-7/h3-5H,1-2H3,(H,9,10)(H,11,12). The van der Waals surface area contributed by atoms with Crippen LogP contribution in [0, 0.1) is 0 Å². The van der Waals surface area contributed by atoms with Crippen LogP contribution in [0.4, 0.5) is 5.82 Å². The molecule has 0 atom stereocenters. The van der Waals surface area contributed by atoms with E-state index in [2.05, 4.69) is 19.8 Å². The smallest absolute Gasteiger partial charge is 0.280 e. The Morgan fingerprint density at radius 3 is 2.82 bits per heavy atom. The molecule has 0 saturated carbocycles. The molecule has 0 aliphatic carbocycles. The van der Waals surface area contributed by atoms with Crippen molar-refractivity contribution in [2.75, 3.05) is 11.8 Å². The SMILES string of the molecule is COc1cc(NS(=O)(=O)c2cnc[nH]2)nn1C. The molecule has 9 heteroatoms. The number of rotatable bonds is 4. The van der Waals surface area contributed by atoms with Gasteiger partial charge in [-0.3, -0.25) is 4.72 Å². The summed E-state index contributed by atoms with van der Waals surface area (Å²) in [6, 6.07) is 1.48. The summed E-state index contributed by atoms with van der Waals surface area (Å²) < 4.78 is 32.3. The first-order chi connectivity index (χ1) is 8.03. The third kappa shape index (κ3) is 2.23. The van der Waals surface area contributed by atoms with Gasteiger partial charge in [-0.1, -0.05) is 0 Å². The van der Waals surface area contributed by atoms with Gasteiger partial charge in [-0.05, 0) is 0 Å². The number of hydrogen-bond donors (Lipinski definition) is 2. The third-order valence-corrected chi connectivity index (χ3v) is 3.33. The first-order valence-corrected chi connectivity index (χ1v) is 6.10. The molecular weight excluding hydrogens is 246 g/mol. The van der Waals surface area contributed by atoms with Gasteiger partial charge < -0.3 is 9.72 Å². The molecule has 2 aromatic heterocycles. The molecule has 2 aromatic rings. The van der Waals surface area contributed by atoms with E-state index < -0.39 is 10.0 Å². The number of nitrogens with one attached hydrogen (secondary N) is 2. The number of aromatic amines is 1. The summed E-state index contributed by atoms with van der Waals surface area (Å²) in [4.78, 5) is 6.15. The average Bonchev–Trinajstić information content (AvgIpc) is 2.86. The largest absolute Gasteiger partial charge is 0.481 e. The van der Waals surface area contributed by atoms with E-state index in [0.717, 1.165) is 0 Å². The Morgan fingerprint density at radius 2 is 2.29 bits per heavy atom. The van der Waals surface area contributed by atoms with Crippen LogP contribution in [0.2, 0.25) is 0 Å². The molecule has 0 radical (unpaired) electrons. The summed E-state index contributed by atoms with van der Waals surface area (Å²) in [6.45, 7) is 0. The third-order valence-electron chi connectivity index (χ3n) is 2.05. The van der Waals surface area contributed by atoms with Crippen LogP contribution >= 0.6 is 0 Å². The number of H-pyrrole nitrogens is 1. The van der Waals surface area contributed by atoms with Crippen LogP contribution in [0.5, 0.6) is 5.88 Å². The molecule has 0 aliphatic heterocycles. The van der Waals surface area contributed by atoms with E-state index in [1.165, 1.54) is 30.4 Å². The highest BCUT2D eigenvalue weighted by Gasteiger charge is 2.17. The van der Waals surface area contributed by atoms with Crippen molar-refractivity contribution in [3.05, 3.63) is 18.6 Å². The van der Waals surface area contributed by atoms with Gasteiger partial charge in [-0.25, -0.2) is 9.67 Å². The minimum absolute atomic E-state index is 0.0258. The summed E-state index contributed by atoms with van der Waals surface area (Å²) in [6.07, 6.45) is 2.50. The van der Waals surface area contributed by atoms with E-state index in [1.54, 1.807) is 7.05 Å². The van der Waals surface area contributed by atoms with Crippen molar-refractivity contribution in [1.82, 2.24) is 19.7 Å². The first-order valence-electron chi connectivity index (χ1n) is 4.62. The van der Waals surface area contributed by atoms with E-state index in [0.29, 0.717) is 5.88 Å². The summed E-state index contributed by atoms with van der Waals surface area (Å²) in [5.41, 5.74) is 0. The van der Waals surface area contributed by atoms with Crippen LogP contribution in [-0.2, 0) is 17.1 Å². The van der Waals surface area contributed by atoms with Crippen molar-refractivity contribution < 1.29 is 13.2 Å². The lowest BCUT2D eigenvalue weighted by molar-refractivity contribution is 0.373. The maximum absolute atomic E-state index is 11.8. The lowest BCUT2D eigenvalue weighted by Crippen LogP contribution is -2.13. The topological polar surface area (TPSA) is 102 Å². The Morgan fingerprint density at radius 1 is 1.53 bits per heavy atom. The summed E-state index contributed by atoms with van der Waals surface area (Å²) in [5, 5.41) is 3.92. The molecule has 0 unspecified atom stereocenters. The Kier molecular flexibility index (Phi) is 2.76. The van der Waals surface area contributed by atoms with Crippen molar-refractivity contribution in [2.24, 2.45) is 7.05 Å². The molecule has 0 amide bonds. The lowest BCUT2D eigenvalue weighted by atomic mass is 10.6. The number of hydrogen-bond acceptors (Lipinski definition) is 5. The monoisotopic (exact) mass is 257 g/mol. The maximum Gasteiger partial charge on any atom is 0.280 e. The summed E-state index contributed by atoms with van der Waals surface area (Å²) in [5.74, 6) is 0.631. The highest BCUT2D eigenvalue weighted by Crippen LogP contribution is 2.18. The number of methoxy groups -OCH3 is 1. The van der Waals surface area contributed by atoms with Gasteiger partial charge >= 0.3 is 0 Å². The van der Waals surface area contributed by atoms with Crippen LogP contribution in [0.25, 0.3) is 0 Å². The van der Waals surface area contributed by atoms with Crippen LogP contribution in [0.1, 0.15) is 0 Å². The average molecular weight is 257 g/mol. The van der Waals surface area contributed by atoms with Crippen molar-refractivity contribution in [1.29, 1.82) is 0 Å². The van der Waals surface area contributed by atoms with E-state index in [4.69, 9.17) is 4.74 Å². The first kappa shape index (κ1) is 11.5. The fourth-order valence-corrected chi connectivity index (χ4v) is 2.17. The van der Waals surface area contributed by atoms with Gasteiger partial charge in [0.1, 0.15) is 0 Å². The number of aromatic nitrogens is 4. The van der Waals surface area contributed by atoms with Gasteiger partial charge in [0.15, 0.2) is 10.8 Å². The number of sulfonamides is 1. The molecule has 0 saturated heterocycles. The zero-order chi connectivity index (χ0) is 12.5. The predicted molar refractivity (Wildman–Crippen MR) is 59.2 cm³/mol. The second-order valence-corrected chi connectivity index (χ2v) is 4.87. The van der Waals surface area contributed by atoms with Crippen LogP contribution in [0.15, 0.2) is 23.6 Å². The number of aryl methyl sites for hydroxylation is 1. The van der Waals surface area contributed by atoms with Gasteiger partial charge in [0, 0.05) is 13.1 Å². The van der Waals surface area contributed by atoms with E-state index in [1.807, 2.05) is 0 Å². The molecular formula is C8H11N5O3S. The normalized spacial score (nSPS) is 11.4. The molecule has 17 heavy (non-hydrogen) atoms. The molecule has 0 spiro atoms. The number of ether oxygens (including phenoxy) is 1. The van der Waals surface area contributed by atoms with Crippen LogP contribution in [-0.4, -0.2) is 35.3 Å². The van der Waals surface area contributed by atoms with Gasteiger partial charge in [-0.15, -0.1) is 0 Å². The zero-order valence-corrected chi connectivity index (χ0v) is 10.0. The van der Waals surface area contributed by atoms with Crippen LogP contribution in [0.3, 0.4) is 0 Å². The van der Waals surface area contributed by atoms with Crippen molar-refractivity contribution in [2.45, 2.75) is 5.03 Å². The molecule has 0 fully saturated rings. The Bertz CT molecular complexity index is 601. The molecule has 2 N–H and O–H groups in total. The second kappa shape index (κ2) is 4.09. The van der Waals surface area contributed by atoms with E-state index in [-0.39, 0.29) is 10.8 Å². The highest BCUT2D eigenvalue weighted by atomic mass is 32.2. The molecule has 8 nitrogen and oxygen atoms in total. The fraction of sp³-hybridized carbons (Fsp3) is 0.250. The number of anilines is 1. The quantitative estimate of drug-likeness (QED) is 0.799. The van der Waals surface area contributed by atoms with Gasteiger partial charge in [0.25, 0.3) is 10.0 Å². The molecule has 92 valence electrons. The minimum atomic E-state index is -3.68. The van der Waals surface area contributed by atoms with E-state index >= 15 is 0 Å². The van der Waals surface area contributed by atoms with Crippen molar-refractivity contribution in [3.8, 4) is 5.88 Å². The second-order valence-electron chi connectivity index (χ2n) is 3.22. The van der Waals surface area contributed by atoms with Gasteiger partial charge in [0.2, 0.25) is 5.88 Å². The fourth-order valence-electron chi connectivity index (χ4n) is 1.27. The predicted octanol–water partition coefficient (Wildman–Crippen LogP) is -0.0474. The maximum atomic E-state index is 11.8. The lowest BCUT2D eigenvalue weighted by Gasteiger charge is -2.01.